The van der Waals surface area contributed by atoms with Crippen molar-refractivity contribution in [3.63, 3.8) is 0 Å². The van der Waals surface area contributed by atoms with Crippen molar-refractivity contribution in [2.24, 2.45) is 0 Å². The minimum atomic E-state index is -5.13. The van der Waals surface area contributed by atoms with Gasteiger partial charge in [-0.3, -0.25) is 18.6 Å². The molecule has 8 atom stereocenters. The number of aliphatic hydroxyl groups excluding tert-OH is 5. The van der Waals surface area contributed by atoms with E-state index in [4.69, 9.17) is 18.5 Å². The highest BCUT2D eigenvalue weighted by atomic mass is 31.2. The maximum Gasteiger partial charge on any atom is 0.472 e. The summed E-state index contributed by atoms with van der Waals surface area (Å²) < 4.78 is 33.6. The van der Waals surface area contributed by atoms with Crippen molar-refractivity contribution in [1.82, 2.24) is 0 Å². The summed E-state index contributed by atoms with van der Waals surface area (Å²) >= 11 is 0. The Kier molecular flexibility index (Phi) is 40.4. The predicted molar refractivity (Wildman–Crippen MR) is 267 cm³/mol. The van der Waals surface area contributed by atoms with Gasteiger partial charge in [-0.2, -0.15) is 0 Å². The van der Waals surface area contributed by atoms with E-state index in [1.54, 1.807) is 0 Å². The van der Waals surface area contributed by atoms with E-state index in [0.29, 0.717) is 19.3 Å². The molecule has 13 nitrogen and oxygen atoms in total. The van der Waals surface area contributed by atoms with E-state index in [1.165, 1.54) is 128 Å². The van der Waals surface area contributed by atoms with Crippen LogP contribution in [0.15, 0.2) is 36.5 Å². The number of rotatable bonds is 45. The van der Waals surface area contributed by atoms with E-state index >= 15 is 0 Å². The van der Waals surface area contributed by atoms with Gasteiger partial charge in [0.15, 0.2) is 6.10 Å². The fourth-order valence-corrected chi connectivity index (χ4v) is 9.10. The number of unbranched alkanes of at least 4 members (excludes halogenated alkanes) is 27. The lowest BCUT2D eigenvalue weighted by molar-refractivity contribution is -0.220. The number of hydrogen-bond donors (Lipinski definition) is 6. The van der Waals surface area contributed by atoms with Crippen LogP contribution < -0.4 is 0 Å². The molecule has 6 N–H and O–H groups in total. The van der Waals surface area contributed by atoms with Crippen LogP contribution in [0, 0.1) is 0 Å². The number of phosphoric acid groups is 1. The lowest BCUT2D eigenvalue weighted by Crippen LogP contribution is -2.64. The minimum Gasteiger partial charge on any atom is -0.462 e. The number of carbonyl (C=O) groups excluding carboxylic acids is 2. The first-order valence-electron chi connectivity index (χ1n) is 26.8. The Labute approximate surface area is 406 Å². The first-order chi connectivity index (χ1) is 32.4. The van der Waals surface area contributed by atoms with Crippen LogP contribution in [0.5, 0.6) is 0 Å². The molecule has 1 fully saturated rings. The van der Waals surface area contributed by atoms with Crippen LogP contribution in [0.1, 0.15) is 232 Å². The molecular formula is C53H97O13P. The maximum absolute atomic E-state index is 12.8. The van der Waals surface area contributed by atoms with Crippen LogP contribution in [0.2, 0.25) is 0 Å². The summed E-state index contributed by atoms with van der Waals surface area (Å²) in [5.74, 6) is -1.15. The molecule has 0 spiro atoms. The minimum absolute atomic E-state index is 0.0795. The van der Waals surface area contributed by atoms with Gasteiger partial charge in [-0.25, -0.2) is 4.57 Å². The molecule has 0 amide bonds. The highest BCUT2D eigenvalue weighted by Crippen LogP contribution is 2.47. The number of hydrogen-bond acceptors (Lipinski definition) is 12. The molecule has 1 rings (SSSR count). The van der Waals surface area contributed by atoms with E-state index in [-0.39, 0.29) is 12.8 Å². The fourth-order valence-electron chi connectivity index (χ4n) is 8.13. The van der Waals surface area contributed by atoms with Gasteiger partial charge in [0.05, 0.1) is 6.61 Å². The van der Waals surface area contributed by atoms with E-state index in [0.717, 1.165) is 57.8 Å². The fraction of sp³-hybridized carbons (Fsp3) is 0.849. The summed E-state index contributed by atoms with van der Waals surface area (Å²) in [4.78, 5) is 35.8. The molecule has 6 unspecified atom stereocenters. The van der Waals surface area contributed by atoms with Crippen LogP contribution in [0.3, 0.4) is 0 Å². The third-order valence-corrected chi connectivity index (χ3v) is 13.4. The average molecular weight is 973 g/mol. The summed E-state index contributed by atoms with van der Waals surface area (Å²) in [6.07, 6.45) is 37.8. The van der Waals surface area contributed by atoms with Crippen LogP contribution in [0.4, 0.5) is 0 Å². The van der Waals surface area contributed by atoms with Crippen molar-refractivity contribution in [3.8, 4) is 0 Å². The first-order valence-corrected chi connectivity index (χ1v) is 28.3. The van der Waals surface area contributed by atoms with Gasteiger partial charge >= 0.3 is 19.8 Å². The second-order valence-electron chi connectivity index (χ2n) is 18.7. The zero-order valence-corrected chi connectivity index (χ0v) is 42.8. The van der Waals surface area contributed by atoms with Gasteiger partial charge in [-0.05, 0) is 70.6 Å². The molecule has 392 valence electrons. The molecule has 0 radical (unpaired) electrons. The van der Waals surface area contributed by atoms with Crippen LogP contribution >= 0.6 is 7.82 Å². The summed E-state index contributed by atoms with van der Waals surface area (Å²) in [5.41, 5.74) is 0. The molecular weight excluding hydrogens is 876 g/mol. The number of carbonyl (C=O) groups is 2. The van der Waals surface area contributed by atoms with Gasteiger partial charge in [0.2, 0.25) is 0 Å². The highest BCUT2D eigenvalue weighted by molar-refractivity contribution is 7.47. The number of ether oxygens (including phenoxy) is 2. The van der Waals surface area contributed by atoms with E-state index in [2.05, 4.69) is 44.2 Å². The van der Waals surface area contributed by atoms with Crippen molar-refractivity contribution < 1.29 is 63.1 Å². The van der Waals surface area contributed by atoms with Crippen molar-refractivity contribution >= 4 is 19.8 Å². The smallest absolute Gasteiger partial charge is 0.462 e. The number of allylic oxidation sites excluding steroid dienone is 6. The van der Waals surface area contributed by atoms with Crippen LogP contribution in [-0.2, 0) is 32.7 Å². The predicted octanol–water partition coefficient (Wildman–Crippen LogP) is 11.7. The van der Waals surface area contributed by atoms with Gasteiger partial charge in [0.25, 0.3) is 0 Å². The SMILES string of the molecule is CCCCCCCC/C=C/CCCCCCCC(=O)O[C@@H](COC(=O)CCC/C=C/CC/C=C/CCCCCCCCCCCCCCCC)COP(=O)(O)OC1C(O)C(O)C(O)[C@H](O)C1O. The lowest BCUT2D eigenvalue weighted by atomic mass is 9.85. The third-order valence-electron chi connectivity index (χ3n) is 12.4. The van der Waals surface area contributed by atoms with Crippen LogP contribution in [-0.4, -0.2) is 98.3 Å². The number of phosphoric ester groups is 1. The molecule has 14 heteroatoms. The van der Waals surface area contributed by atoms with E-state index < -0.39 is 75.7 Å². The number of aliphatic hydroxyl groups is 5. The van der Waals surface area contributed by atoms with Crippen molar-refractivity contribution in [2.75, 3.05) is 13.2 Å². The van der Waals surface area contributed by atoms with Crippen molar-refractivity contribution in [2.45, 2.75) is 275 Å². The zero-order chi connectivity index (χ0) is 49.2. The Morgan fingerprint density at radius 2 is 0.791 bits per heavy atom. The van der Waals surface area contributed by atoms with Crippen LogP contribution in [0.25, 0.3) is 0 Å². The van der Waals surface area contributed by atoms with Crippen molar-refractivity contribution in [1.29, 1.82) is 0 Å². The molecule has 0 aromatic carbocycles. The molecule has 0 heterocycles. The second kappa shape index (κ2) is 42.9. The topological polar surface area (TPSA) is 210 Å². The summed E-state index contributed by atoms with van der Waals surface area (Å²) in [6, 6.07) is 0. The highest BCUT2D eigenvalue weighted by Gasteiger charge is 2.51. The quantitative estimate of drug-likeness (QED) is 0.0145. The average Bonchev–Trinajstić information content (AvgIpc) is 3.31. The van der Waals surface area contributed by atoms with Gasteiger partial charge in [-0.15, -0.1) is 0 Å². The molecule has 0 bridgehead atoms. The molecule has 0 aliphatic heterocycles. The third kappa shape index (κ3) is 34.9. The zero-order valence-electron chi connectivity index (χ0n) is 41.9. The monoisotopic (exact) mass is 973 g/mol. The Morgan fingerprint density at radius 3 is 1.22 bits per heavy atom. The number of esters is 2. The normalized spacial score (nSPS) is 21.4. The molecule has 0 aromatic heterocycles. The molecule has 1 aliphatic carbocycles. The second-order valence-corrected chi connectivity index (χ2v) is 20.1. The molecule has 67 heavy (non-hydrogen) atoms. The molecule has 1 aliphatic rings. The van der Waals surface area contributed by atoms with Gasteiger partial charge < -0.3 is 39.9 Å². The molecule has 1 saturated carbocycles. The Balaban J connectivity index is 2.38. The van der Waals surface area contributed by atoms with E-state index in [9.17, 15) is 44.6 Å². The standard InChI is InChI=1S/C53H97O13P/c1-3-5-7-9-11-13-15-17-19-20-21-22-23-24-25-26-28-29-31-33-35-37-39-41-46(54)63-43-45(44-64-67(61,62)66-53-51(59)49(57)48(56)50(58)52(53)60)65-47(55)42-40-38-36-34-32-30-27-18-16-14-12-10-8-6-4-2/h18,26-28,33,35,45,48-53,56-60H,3-17,19-25,29-32,34,36-44H2,1-2H3,(H,61,62)/b27-18+,28-26+,35-33+/t45-,48?,49-,50?,51?,52?,53?/m0/s1. The first kappa shape index (κ1) is 63.1. The molecule has 0 aromatic rings. The Hall–Kier alpha value is -1.93. The summed E-state index contributed by atoms with van der Waals surface area (Å²) in [7, 11) is -5.13. The summed E-state index contributed by atoms with van der Waals surface area (Å²) in [6.45, 7) is 3.29. The summed E-state index contributed by atoms with van der Waals surface area (Å²) in [5, 5.41) is 50.3. The van der Waals surface area contributed by atoms with Gasteiger partial charge in [0.1, 0.15) is 43.2 Å². The molecule has 0 saturated heterocycles. The van der Waals surface area contributed by atoms with Gasteiger partial charge in [-0.1, -0.05) is 185 Å². The van der Waals surface area contributed by atoms with Gasteiger partial charge in [0, 0.05) is 12.8 Å². The lowest BCUT2D eigenvalue weighted by Gasteiger charge is -2.41. The Bertz CT molecular complexity index is 1310. The largest absolute Gasteiger partial charge is 0.472 e. The van der Waals surface area contributed by atoms with Crippen molar-refractivity contribution in [3.05, 3.63) is 36.5 Å². The maximum atomic E-state index is 12.8. The Morgan fingerprint density at radius 1 is 0.448 bits per heavy atom. The van der Waals surface area contributed by atoms with E-state index in [1.807, 2.05) is 6.08 Å².